The Morgan fingerprint density at radius 3 is 2.42 bits per heavy atom. The van der Waals surface area contributed by atoms with Gasteiger partial charge in [0, 0.05) is 5.69 Å². The fourth-order valence-electron chi connectivity index (χ4n) is 3.06. The predicted molar refractivity (Wildman–Crippen MR) is 142 cm³/mol. The second-order valence-corrected chi connectivity index (χ2v) is 8.98. The van der Waals surface area contributed by atoms with Gasteiger partial charge in [0.25, 0.3) is 5.91 Å². The summed E-state index contributed by atoms with van der Waals surface area (Å²) >= 11 is 15.4. The van der Waals surface area contributed by atoms with Crippen LogP contribution < -0.4 is 14.8 Å². The number of ether oxygens (including phenoxy) is 2. The van der Waals surface area contributed by atoms with E-state index >= 15 is 0 Å². The fourth-order valence-corrected chi connectivity index (χ4v) is 3.93. The van der Waals surface area contributed by atoms with Crippen molar-refractivity contribution in [3.8, 4) is 17.6 Å². The van der Waals surface area contributed by atoms with E-state index in [1.807, 2.05) is 13.0 Å². The number of carboxylic acid groups (broad SMARTS) is 1. The van der Waals surface area contributed by atoms with Crippen LogP contribution in [0.15, 0.2) is 64.6 Å². The van der Waals surface area contributed by atoms with E-state index in [1.165, 1.54) is 24.3 Å². The van der Waals surface area contributed by atoms with Gasteiger partial charge < -0.3 is 19.9 Å². The highest BCUT2D eigenvalue weighted by atomic mass is 79.9. The fraction of sp³-hybridized carbons (Fsp3) is 0.115. The maximum Gasteiger partial charge on any atom is 0.335 e. The molecule has 0 saturated carbocycles. The molecule has 0 aliphatic rings. The van der Waals surface area contributed by atoms with Crippen LogP contribution >= 0.6 is 39.1 Å². The van der Waals surface area contributed by atoms with E-state index in [4.69, 9.17) is 37.8 Å². The lowest BCUT2D eigenvalue weighted by Crippen LogP contribution is -2.13. The largest absolute Gasteiger partial charge is 0.490 e. The Balaban J connectivity index is 1.82. The Morgan fingerprint density at radius 1 is 1.08 bits per heavy atom. The third-order valence-electron chi connectivity index (χ3n) is 4.77. The van der Waals surface area contributed by atoms with Crippen molar-refractivity contribution in [2.75, 3.05) is 11.9 Å². The first-order valence-corrected chi connectivity index (χ1v) is 12.1. The van der Waals surface area contributed by atoms with Gasteiger partial charge in [-0.15, -0.1) is 0 Å². The number of aromatic carboxylic acids is 1. The van der Waals surface area contributed by atoms with Gasteiger partial charge >= 0.3 is 5.97 Å². The Bertz CT molecular complexity index is 1370. The normalized spacial score (nSPS) is 10.9. The number of halogens is 3. The lowest BCUT2D eigenvalue weighted by molar-refractivity contribution is -0.112. The molecule has 0 aliphatic heterocycles. The minimum atomic E-state index is -1.00. The van der Waals surface area contributed by atoms with Gasteiger partial charge in [0.1, 0.15) is 18.2 Å². The number of hydrogen-bond donors (Lipinski definition) is 2. The molecule has 184 valence electrons. The van der Waals surface area contributed by atoms with Crippen molar-refractivity contribution in [1.82, 2.24) is 0 Å². The number of carboxylic acids is 1. The van der Waals surface area contributed by atoms with Crippen molar-refractivity contribution in [1.29, 1.82) is 5.26 Å². The summed E-state index contributed by atoms with van der Waals surface area (Å²) in [6.07, 6.45) is 1.43. The summed E-state index contributed by atoms with van der Waals surface area (Å²) in [6, 6.07) is 16.2. The minimum absolute atomic E-state index is 0.136. The first-order chi connectivity index (χ1) is 17.2. The molecule has 1 amide bonds. The summed E-state index contributed by atoms with van der Waals surface area (Å²) in [7, 11) is 0. The number of benzene rings is 3. The van der Waals surface area contributed by atoms with Crippen LogP contribution in [-0.2, 0) is 11.4 Å². The Kier molecular flexibility index (Phi) is 9.37. The van der Waals surface area contributed by atoms with E-state index in [-0.39, 0.29) is 22.8 Å². The summed E-state index contributed by atoms with van der Waals surface area (Å²) in [5.74, 6) is -0.789. The van der Waals surface area contributed by atoms with Crippen LogP contribution in [-0.4, -0.2) is 23.6 Å². The van der Waals surface area contributed by atoms with Crippen LogP contribution in [0.4, 0.5) is 5.69 Å². The molecule has 0 radical (unpaired) electrons. The number of amides is 1. The van der Waals surface area contributed by atoms with Gasteiger partial charge in [-0.3, -0.25) is 4.79 Å². The molecule has 0 bridgehead atoms. The number of nitrogens with zero attached hydrogens (tertiary/aromatic N) is 1. The number of carbonyl (C=O) groups is 2. The number of nitrogens with one attached hydrogen (secondary N) is 1. The van der Waals surface area contributed by atoms with E-state index in [1.54, 1.807) is 36.4 Å². The smallest absolute Gasteiger partial charge is 0.335 e. The topological polar surface area (TPSA) is 109 Å². The zero-order chi connectivity index (χ0) is 26.2. The average molecular weight is 590 g/mol. The molecule has 0 aromatic heterocycles. The standard InChI is InChI=1S/C26H19BrCl2N2O5/c1-2-35-23-11-16(9-18(13-30)25(32)31-19-7-8-21(28)22(29)12-19)10-20(27)24(23)36-14-15-3-5-17(6-4-15)26(33)34/h3-12H,2,14H2,1H3,(H,31,32)(H,33,34)/b18-9+. The molecule has 3 aromatic carbocycles. The molecule has 0 unspecified atom stereocenters. The molecule has 0 aliphatic carbocycles. The molecule has 0 fully saturated rings. The quantitative estimate of drug-likeness (QED) is 0.206. The molecule has 36 heavy (non-hydrogen) atoms. The van der Waals surface area contributed by atoms with Gasteiger partial charge in [0.05, 0.1) is 26.7 Å². The molecule has 0 saturated heterocycles. The lowest BCUT2D eigenvalue weighted by Gasteiger charge is -2.15. The monoisotopic (exact) mass is 588 g/mol. The number of carbonyl (C=O) groups excluding carboxylic acids is 1. The Morgan fingerprint density at radius 2 is 1.81 bits per heavy atom. The predicted octanol–water partition coefficient (Wildman–Crippen LogP) is 6.98. The van der Waals surface area contributed by atoms with Gasteiger partial charge in [-0.05, 0) is 82.5 Å². The summed E-state index contributed by atoms with van der Waals surface area (Å²) in [5, 5.41) is 21.8. The maximum absolute atomic E-state index is 12.6. The third-order valence-corrected chi connectivity index (χ3v) is 6.10. The lowest BCUT2D eigenvalue weighted by atomic mass is 10.1. The molecule has 0 heterocycles. The van der Waals surface area contributed by atoms with Crippen LogP contribution in [0.2, 0.25) is 10.0 Å². The third kappa shape index (κ3) is 7.01. The highest BCUT2D eigenvalue weighted by Crippen LogP contribution is 2.38. The van der Waals surface area contributed by atoms with Crippen LogP contribution in [0, 0.1) is 11.3 Å². The van der Waals surface area contributed by atoms with E-state index in [2.05, 4.69) is 21.2 Å². The molecule has 0 atom stereocenters. The number of nitriles is 1. The molecule has 10 heteroatoms. The van der Waals surface area contributed by atoms with Gasteiger partial charge in [0.2, 0.25) is 0 Å². The number of rotatable bonds is 9. The van der Waals surface area contributed by atoms with E-state index in [9.17, 15) is 14.9 Å². The van der Waals surface area contributed by atoms with Crippen molar-refractivity contribution in [2.24, 2.45) is 0 Å². The zero-order valence-corrected chi connectivity index (χ0v) is 21.9. The van der Waals surface area contributed by atoms with Gasteiger partial charge in [-0.1, -0.05) is 35.3 Å². The van der Waals surface area contributed by atoms with E-state index < -0.39 is 11.9 Å². The van der Waals surface area contributed by atoms with Crippen LogP contribution in [0.1, 0.15) is 28.4 Å². The summed E-state index contributed by atoms with van der Waals surface area (Å²) in [6.45, 7) is 2.34. The molecule has 2 N–H and O–H groups in total. The molecule has 3 aromatic rings. The number of anilines is 1. The summed E-state index contributed by atoms with van der Waals surface area (Å²) in [4.78, 5) is 23.7. The van der Waals surface area contributed by atoms with Crippen molar-refractivity contribution >= 4 is 62.8 Å². The molecular formula is C26H19BrCl2N2O5. The van der Waals surface area contributed by atoms with Crippen LogP contribution in [0.25, 0.3) is 6.08 Å². The molecule has 7 nitrogen and oxygen atoms in total. The van der Waals surface area contributed by atoms with E-state index in [0.29, 0.717) is 38.9 Å². The van der Waals surface area contributed by atoms with Crippen LogP contribution in [0.5, 0.6) is 11.5 Å². The second kappa shape index (κ2) is 12.5. The van der Waals surface area contributed by atoms with Gasteiger partial charge in [0.15, 0.2) is 11.5 Å². The first-order valence-electron chi connectivity index (χ1n) is 10.5. The van der Waals surface area contributed by atoms with Crippen LogP contribution in [0.3, 0.4) is 0 Å². The molecular weight excluding hydrogens is 571 g/mol. The summed E-state index contributed by atoms with van der Waals surface area (Å²) < 4.78 is 12.2. The molecule has 0 spiro atoms. The zero-order valence-electron chi connectivity index (χ0n) is 18.8. The SMILES string of the molecule is CCOc1cc(/C=C(\C#N)C(=O)Nc2ccc(Cl)c(Cl)c2)cc(Br)c1OCc1ccc(C(=O)O)cc1. The van der Waals surface area contributed by atoms with Crippen molar-refractivity contribution in [3.63, 3.8) is 0 Å². The Labute approximate surface area is 226 Å². The minimum Gasteiger partial charge on any atom is -0.490 e. The van der Waals surface area contributed by atoms with E-state index in [0.717, 1.165) is 5.56 Å². The van der Waals surface area contributed by atoms with Gasteiger partial charge in [-0.25, -0.2) is 4.79 Å². The molecule has 3 rings (SSSR count). The second-order valence-electron chi connectivity index (χ2n) is 7.31. The maximum atomic E-state index is 12.6. The van der Waals surface area contributed by atoms with Crippen molar-refractivity contribution in [2.45, 2.75) is 13.5 Å². The Hall–Kier alpha value is -3.51. The number of hydrogen-bond acceptors (Lipinski definition) is 5. The highest BCUT2D eigenvalue weighted by Gasteiger charge is 2.15. The summed E-state index contributed by atoms with van der Waals surface area (Å²) in [5.41, 5.74) is 1.74. The average Bonchev–Trinajstić information content (AvgIpc) is 2.84. The van der Waals surface area contributed by atoms with Crippen molar-refractivity contribution in [3.05, 3.63) is 91.4 Å². The highest BCUT2D eigenvalue weighted by molar-refractivity contribution is 9.10. The van der Waals surface area contributed by atoms with Crippen molar-refractivity contribution < 1.29 is 24.2 Å². The van der Waals surface area contributed by atoms with Gasteiger partial charge in [-0.2, -0.15) is 5.26 Å². The first kappa shape index (κ1) is 27.1.